The zero-order valence-corrected chi connectivity index (χ0v) is 11.1. The quantitative estimate of drug-likeness (QED) is 0.735. The van der Waals surface area contributed by atoms with Crippen LogP contribution < -0.4 is 5.73 Å². The Morgan fingerprint density at radius 1 is 1.10 bits per heavy atom. The maximum absolute atomic E-state index is 14.1. The van der Waals surface area contributed by atoms with E-state index < -0.39 is 11.6 Å². The number of para-hydroxylation sites is 1. The Bertz CT molecular complexity index is 793. The van der Waals surface area contributed by atoms with Crippen LogP contribution in [0.4, 0.5) is 14.5 Å². The number of benzene rings is 2. The number of anilines is 1. The molecule has 3 rings (SSSR count). The monoisotopic (exact) mass is 287 g/mol. The average Bonchev–Trinajstić information content (AvgIpc) is 2.90. The fourth-order valence-corrected chi connectivity index (χ4v) is 2.11. The molecule has 0 spiro atoms. The fraction of sp³-hybridized carbons (Fsp3) is 0.0714. The minimum absolute atomic E-state index is 0.0907. The number of nitrogens with zero attached hydrogens (tertiary/aromatic N) is 4. The van der Waals surface area contributed by atoms with Crippen molar-refractivity contribution >= 4 is 5.69 Å². The van der Waals surface area contributed by atoms with Gasteiger partial charge in [-0.1, -0.05) is 12.1 Å². The van der Waals surface area contributed by atoms with Crippen molar-refractivity contribution in [1.82, 2.24) is 20.2 Å². The summed E-state index contributed by atoms with van der Waals surface area (Å²) in [6.07, 6.45) is 0. The largest absolute Gasteiger partial charge is 0.399 e. The summed E-state index contributed by atoms with van der Waals surface area (Å²) < 4.78 is 29.2. The van der Waals surface area contributed by atoms with Gasteiger partial charge in [-0.3, -0.25) is 0 Å². The molecule has 2 aromatic carbocycles. The second-order valence-corrected chi connectivity index (χ2v) is 4.56. The van der Waals surface area contributed by atoms with Crippen molar-refractivity contribution in [3.8, 4) is 17.1 Å². The first-order valence-electron chi connectivity index (χ1n) is 6.17. The third-order valence-electron chi connectivity index (χ3n) is 3.10. The molecule has 21 heavy (non-hydrogen) atoms. The topological polar surface area (TPSA) is 69.6 Å². The summed E-state index contributed by atoms with van der Waals surface area (Å²) >= 11 is 0. The number of hydrogen-bond donors (Lipinski definition) is 1. The van der Waals surface area contributed by atoms with Crippen LogP contribution in [0.25, 0.3) is 17.1 Å². The van der Waals surface area contributed by atoms with Crippen LogP contribution in [0.15, 0.2) is 36.4 Å². The zero-order valence-electron chi connectivity index (χ0n) is 11.1. The lowest BCUT2D eigenvalue weighted by Crippen LogP contribution is -2.06. The standard InChI is InChI=1S/C14H11F2N5/c1-8-3-2-4-12(16)13(8)21-14(18-19-20-21)10-7-9(17)5-6-11(10)15/h2-7H,17H2,1H3. The second kappa shape index (κ2) is 4.93. The van der Waals surface area contributed by atoms with E-state index in [1.165, 1.54) is 28.9 Å². The summed E-state index contributed by atoms with van der Waals surface area (Å²) in [5.74, 6) is -0.935. The summed E-state index contributed by atoms with van der Waals surface area (Å²) in [6, 6.07) is 8.66. The smallest absolute Gasteiger partial charge is 0.190 e. The number of aryl methyl sites for hydroxylation is 1. The van der Waals surface area contributed by atoms with Gasteiger partial charge in [-0.2, -0.15) is 4.68 Å². The molecule has 1 aromatic heterocycles. The van der Waals surface area contributed by atoms with Crippen molar-refractivity contribution < 1.29 is 8.78 Å². The molecule has 0 saturated carbocycles. The van der Waals surface area contributed by atoms with Crippen molar-refractivity contribution in [2.75, 3.05) is 5.73 Å². The van der Waals surface area contributed by atoms with Crippen molar-refractivity contribution in [2.24, 2.45) is 0 Å². The van der Waals surface area contributed by atoms with E-state index in [-0.39, 0.29) is 17.1 Å². The Morgan fingerprint density at radius 2 is 1.90 bits per heavy atom. The van der Waals surface area contributed by atoms with Crippen molar-refractivity contribution in [3.05, 3.63) is 53.6 Å². The molecular weight excluding hydrogens is 276 g/mol. The molecular formula is C14H11F2N5. The van der Waals surface area contributed by atoms with Crippen LogP contribution in [0.2, 0.25) is 0 Å². The third kappa shape index (κ3) is 2.22. The van der Waals surface area contributed by atoms with E-state index in [0.717, 1.165) is 0 Å². The van der Waals surface area contributed by atoms with E-state index >= 15 is 0 Å². The summed E-state index contributed by atoms with van der Waals surface area (Å²) in [7, 11) is 0. The van der Waals surface area contributed by atoms with Crippen LogP contribution >= 0.6 is 0 Å². The summed E-state index contributed by atoms with van der Waals surface area (Å²) in [5, 5.41) is 11.1. The number of rotatable bonds is 2. The van der Waals surface area contributed by atoms with Gasteiger partial charge in [0.1, 0.15) is 17.3 Å². The molecule has 5 nitrogen and oxygen atoms in total. The van der Waals surface area contributed by atoms with Gasteiger partial charge < -0.3 is 5.73 Å². The molecule has 0 aliphatic rings. The van der Waals surface area contributed by atoms with Gasteiger partial charge in [0.15, 0.2) is 5.82 Å². The molecule has 0 atom stereocenters. The number of nitrogen functional groups attached to an aromatic ring is 1. The van der Waals surface area contributed by atoms with Crippen LogP contribution in [-0.2, 0) is 0 Å². The van der Waals surface area contributed by atoms with E-state index in [1.54, 1.807) is 19.1 Å². The number of halogens is 2. The van der Waals surface area contributed by atoms with E-state index in [4.69, 9.17) is 5.73 Å². The van der Waals surface area contributed by atoms with Gasteiger partial charge >= 0.3 is 0 Å². The molecule has 3 aromatic rings. The first-order valence-corrected chi connectivity index (χ1v) is 6.17. The average molecular weight is 287 g/mol. The molecule has 0 aliphatic carbocycles. The highest BCUT2D eigenvalue weighted by molar-refractivity contribution is 5.63. The summed E-state index contributed by atoms with van der Waals surface area (Å²) in [5.41, 5.74) is 6.96. The summed E-state index contributed by atoms with van der Waals surface area (Å²) in [4.78, 5) is 0. The number of nitrogens with two attached hydrogens (primary N) is 1. The Balaban J connectivity index is 2.25. The van der Waals surface area contributed by atoms with Crippen LogP contribution in [-0.4, -0.2) is 20.2 Å². The maximum atomic E-state index is 14.1. The van der Waals surface area contributed by atoms with Gasteiger partial charge in [-0.25, -0.2) is 8.78 Å². The highest BCUT2D eigenvalue weighted by atomic mass is 19.1. The highest BCUT2D eigenvalue weighted by Crippen LogP contribution is 2.26. The molecule has 0 saturated heterocycles. The fourth-order valence-electron chi connectivity index (χ4n) is 2.11. The van der Waals surface area contributed by atoms with Gasteiger partial charge in [0.25, 0.3) is 0 Å². The van der Waals surface area contributed by atoms with E-state index in [1.807, 2.05) is 0 Å². The normalized spacial score (nSPS) is 10.8. The van der Waals surface area contributed by atoms with Crippen LogP contribution in [0.5, 0.6) is 0 Å². The molecule has 7 heteroatoms. The second-order valence-electron chi connectivity index (χ2n) is 4.56. The third-order valence-corrected chi connectivity index (χ3v) is 3.10. The SMILES string of the molecule is Cc1cccc(F)c1-n1nnnc1-c1cc(N)ccc1F. The Hall–Kier alpha value is -2.83. The number of tetrazole rings is 1. The summed E-state index contributed by atoms with van der Waals surface area (Å²) in [6.45, 7) is 1.72. The maximum Gasteiger partial charge on any atom is 0.190 e. The first-order chi connectivity index (χ1) is 10.1. The number of aromatic nitrogens is 4. The highest BCUT2D eigenvalue weighted by Gasteiger charge is 2.18. The van der Waals surface area contributed by atoms with E-state index in [0.29, 0.717) is 11.3 Å². The predicted octanol–water partition coefficient (Wildman–Crippen LogP) is 2.50. The van der Waals surface area contributed by atoms with Crippen molar-refractivity contribution in [3.63, 3.8) is 0 Å². The molecule has 106 valence electrons. The predicted molar refractivity (Wildman–Crippen MR) is 73.7 cm³/mol. The minimum Gasteiger partial charge on any atom is -0.399 e. The van der Waals surface area contributed by atoms with Gasteiger partial charge in [0.2, 0.25) is 0 Å². The van der Waals surface area contributed by atoms with Gasteiger partial charge in [-0.05, 0) is 47.2 Å². The van der Waals surface area contributed by atoms with Crippen LogP contribution in [0.3, 0.4) is 0 Å². The molecule has 0 fully saturated rings. The van der Waals surface area contributed by atoms with Gasteiger partial charge in [0, 0.05) is 5.69 Å². The molecule has 0 aliphatic heterocycles. The lowest BCUT2D eigenvalue weighted by atomic mass is 10.1. The molecule has 1 heterocycles. The molecule has 0 unspecified atom stereocenters. The van der Waals surface area contributed by atoms with Crippen molar-refractivity contribution in [2.45, 2.75) is 6.92 Å². The molecule has 0 bridgehead atoms. The molecule has 2 N–H and O–H groups in total. The zero-order chi connectivity index (χ0) is 15.0. The molecule has 0 radical (unpaired) electrons. The van der Waals surface area contributed by atoms with Crippen LogP contribution in [0, 0.1) is 18.6 Å². The number of hydrogen-bond acceptors (Lipinski definition) is 4. The van der Waals surface area contributed by atoms with E-state index in [9.17, 15) is 8.78 Å². The molecule has 0 amide bonds. The van der Waals surface area contributed by atoms with Gasteiger partial charge in [0.05, 0.1) is 5.56 Å². The van der Waals surface area contributed by atoms with Crippen molar-refractivity contribution in [1.29, 1.82) is 0 Å². The lowest BCUT2D eigenvalue weighted by Gasteiger charge is -2.09. The lowest BCUT2D eigenvalue weighted by molar-refractivity contribution is 0.604. The first kappa shape index (κ1) is 13.2. The Kier molecular flexibility index (Phi) is 3.09. The Labute approximate surface area is 119 Å². The minimum atomic E-state index is -0.533. The van der Waals surface area contributed by atoms with Gasteiger partial charge in [-0.15, -0.1) is 5.10 Å². The Morgan fingerprint density at radius 3 is 2.67 bits per heavy atom. The van der Waals surface area contributed by atoms with Crippen LogP contribution in [0.1, 0.15) is 5.56 Å². The van der Waals surface area contributed by atoms with E-state index in [2.05, 4.69) is 15.5 Å².